The lowest BCUT2D eigenvalue weighted by molar-refractivity contribution is 0.870. The lowest BCUT2D eigenvalue weighted by Crippen LogP contribution is -1.94. The Labute approximate surface area is 112 Å². The zero-order valence-electron chi connectivity index (χ0n) is 9.04. The molecule has 2 rings (SSSR count). The van der Waals surface area contributed by atoms with Crippen LogP contribution in [0.15, 0.2) is 12.1 Å². The van der Waals surface area contributed by atoms with E-state index in [1.165, 1.54) is 20.5 Å². The molecule has 0 aliphatic carbocycles. The minimum atomic E-state index is 0.400. The molecule has 1 aromatic carbocycles. The second-order valence-electron chi connectivity index (χ2n) is 3.94. The fourth-order valence-electron chi connectivity index (χ4n) is 1.89. The van der Waals surface area contributed by atoms with Gasteiger partial charge >= 0.3 is 0 Å². The van der Waals surface area contributed by atoms with Crippen LogP contribution in [0, 0.1) is 14.9 Å². The largest absolute Gasteiger partial charge is 0.389 e. The fraction of sp³-hybridized carbons (Fsp3) is 0.250. The van der Waals surface area contributed by atoms with Gasteiger partial charge in [0.15, 0.2) is 0 Å². The summed E-state index contributed by atoms with van der Waals surface area (Å²) in [6.45, 7) is 4.29. The van der Waals surface area contributed by atoms with Crippen molar-refractivity contribution in [2.45, 2.75) is 19.8 Å². The Morgan fingerprint density at radius 2 is 2.12 bits per heavy atom. The molecule has 0 saturated heterocycles. The van der Waals surface area contributed by atoms with Gasteiger partial charge in [-0.05, 0) is 46.2 Å². The van der Waals surface area contributed by atoms with Crippen LogP contribution in [0.25, 0.3) is 10.1 Å². The maximum absolute atomic E-state index is 9.18. The highest BCUT2D eigenvalue weighted by Crippen LogP contribution is 2.39. The van der Waals surface area contributed by atoms with Gasteiger partial charge in [-0.3, -0.25) is 0 Å². The van der Waals surface area contributed by atoms with Gasteiger partial charge in [0.05, 0.1) is 5.56 Å². The molecule has 82 valence electrons. The number of rotatable bonds is 1. The molecule has 2 aromatic rings. The molecule has 0 fully saturated rings. The number of nitriles is 1. The monoisotopic (exact) mass is 342 g/mol. The first-order valence-electron chi connectivity index (χ1n) is 4.96. The van der Waals surface area contributed by atoms with Gasteiger partial charge in [0.2, 0.25) is 0 Å². The van der Waals surface area contributed by atoms with Crippen LogP contribution < -0.4 is 5.73 Å². The zero-order valence-corrected chi connectivity index (χ0v) is 12.0. The Bertz CT molecular complexity index is 593. The average molecular weight is 342 g/mol. The molecule has 2 N–H and O–H groups in total. The molecule has 2 nitrogen and oxygen atoms in total. The van der Waals surface area contributed by atoms with Crippen LogP contribution in [0.2, 0.25) is 0 Å². The fourth-order valence-corrected chi connectivity index (χ4v) is 3.89. The van der Waals surface area contributed by atoms with E-state index in [1.54, 1.807) is 0 Å². The number of nitrogens with zero attached hydrogens (tertiary/aromatic N) is 1. The number of nitrogens with two attached hydrogens (primary N) is 1. The lowest BCUT2D eigenvalue weighted by Gasteiger charge is -2.10. The molecule has 16 heavy (non-hydrogen) atoms. The first-order chi connectivity index (χ1) is 7.56. The summed E-state index contributed by atoms with van der Waals surface area (Å²) >= 11 is 3.82. The molecule has 1 aromatic heterocycles. The second-order valence-corrected chi connectivity index (χ2v) is 6.19. The highest BCUT2D eigenvalue weighted by atomic mass is 127. The van der Waals surface area contributed by atoms with E-state index in [1.807, 2.05) is 6.07 Å². The van der Waals surface area contributed by atoms with Crippen molar-refractivity contribution < 1.29 is 0 Å². The van der Waals surface area contributed by atoms with Crippen LogP contribution in [0.4, 0.5) is 5.00 Å². The van der Waals surface area contributed by atoms with Gasteiger partial charge in [-0.15, -0.1) is 11.3 Å². The number of benzene rings is 1. The molecule has 1 heterocycles. The summed E-state index contributed by atoms with van der Waals surface area (Å²) in [6, 6.07) is 6.36. The van der Waals surface area contributed by atoms with E-state index < -0.39 is 0 Å². The molecule has 0 bridgehead atoms. The van der Waals surface area contributed by atoms with Crippen LogP contribution in [-0.2, 0) is 0 Å². The topological polar surface area (TPSA) is 49.8 Å². The van der Waals surface area contributed by atoms with Crippen molar-refractivity contribution in [2.24, 2.45) is 0 Å². The molecule has 0 amide bonds. The third-order valence-electron chi connectivity index (χ3n) is 2.56. The summed E-state index contributed by atoms with van der Waals surface area (Å²) in [7, 11) is 0. The Hall–Kier alpha value is -0.800. The highest BCUT2D eigenvalue weighted by Gasteiger charge is 2.17. The predicted molar refractivity (Wildman–Crippen MR) is 77.8 cm³/mol. The Morgan fingerprint density at radius 1 is 1.44 bits per heavy atom. The summed E-state index contributed by atoms with van der Waals surface area (Å²) < 4.78 is 2.31. The smallest absolute Gasteiger partial charge is 0.105 e. The van der Waals surface area contributed by atoms with Gasteiger partial charge in [-0.25, -0.2) is 0 Å². The Balaban J connectivity index is 2.96. The SMILES string of the molecule is CC(C)c1c(I)ccc2sc(N)c(C#N)c12. The summed E-state index contributed by atoms with van der Waals surface area (Å²) in [5, 5.41) is 10.9. The number of fused-ring (bicyclic) bond motifs is 1. The van der Waals surface area contributed by atoms with Gasteiger partial charge in [-0.2, -0.15) is 5.26 Å². The Kier molecular flexibility index (Phi) is 3.08. The number of halogens is 1. The number of thiophene rings is 1. The van der Waals surface area contributed by atoms with Crippen molar-refractivity contribution in [1.29, 1.82) is 5.26 Å². The van der Waals surface area contributed by atoms with Gasteiger partial charge in [0.25, 0.3) is 0 Å². The van der Waals surface area contributed by atoms with Crippen LogP contribution in [0.5, 0.6) is 0 Å². The van der Waals surface area contributed by atoms with Gasteiger partial charge < -0.3 is 5.73 Å². The zero-order chi connectivity index (χ0) is 11.9. The summed E-state index contributed by atoms with van der Waals surface area (Å²) in [4.78, 5) is 0. The normalized spacial score (nSPS) is 10.9. The van der Waals surface area contributed by atoms with E-state index in [-0.39, 0.29) is 0 Å². The first kappa shape index (κ1) is 11.7. The molecule has 4 heteroatoms. The maximum Gasteiger partial charge on any atom is 0.105 e. The van der Waals surface area contributed by atoms with Crippen molar-refractivity contribution in [1.82, 2.24) is 0 Å². The first-order valence-corrected chi connectivity index (χ1v) is 6.86. The van der Waals surface area contributed by atoms with E-state index >= 15 is 0 Å². The summed E-state index contributed by atoms with van der Waals surface area (Å²) in [5.74, 6) is 0.400. The van der Waals surface area contributed by atoms with Crippen molar-refractivity contribution in [3.63, 3.8) is 0 Å². The summed E-state index contributed by atoms with van der Waals surface area (Å²) in [5.41, 5.74) is 7.76. The molecule has 0 spiro atoms. The van der Waals surface area contributed by atoms with E-state index in [0.717, 1.165) is 10.1 Å². The minimum absolute atomic E-state index is 0.400. The van der Waals surface area contributed by atoms with Crippen LogP contribution in [0.3, 0.4) is 0 Å². The van der Waals surface area contributed by atoms with Gasteiger partial charge in [0, 0.05) is 13.7 Å². The molecular weight excluding hydrogens is 331 g/mol. The summed E-state index contributed by atoms with van der Waals surface area (Å²) in [6.07, 6.45) is 0. The van der Waals surface area contributed by atoms with Gasteiger partial charge in [0.1, 0.15) is 11.1 Å². The quantitative estimate of drug-likeness (QED) is 0.794. The van der Waals surface area contributed by atoms with Crippen LogP contribution in [0.1, 0.15) is 30.9 Å². The highest BCUT2D eigenvalue weighted by molar-refractivity contribution is 14.1. The average Bonchev–Trinajstić information content (AvgIpc) is 2.53. The molecule has 0 radical (unpaired) electrons. The standard InChI is InChI=1S/C12H11IN2S/c1-6(2)10-8(13)3-4-9-11(10)7(5-14)12(15)16-9/h3-4,6H,15H2,1-2H3. The molecular formula is C12H11IN2S. The number of hydrogen-bond donors (Lipinski definition) is 1. The molecule has 0 unspecified atom stereocenters. The Morgan fingerprint density at radius 3 is 2.69 bits per heavy atom. The lowest BCUT2D eigenvalue weighted by atomic mass is 9.97. The molecule has 0 atom stereocenters. The van der Waals surface area contributed by atoms with Crippen molar-refractivity contribution in [2.75, 3.05) is 5.73 Å². The van der Waals surface area contributed by atoms with E-state index in [4.69, 9.17) is 5.73 Å². The maximum atomic E-state index is 9.18. The van der Waals surface area contributed by atoms with E-state index in [0.29, 0.717) is 16.5 Å². The van der Waals surface area contributed by atoms with Crippen molar-refractivity contribution in [3.8, 4) is 6.07 Å². The van der Waals surface area contributed by atoms with Gasteiger partial charge in [-0.1, -0.05) is 13.8 Å². The van der Waals surface area contributed by atoms with E-state index in [2.05, 4.69) is 48.6 Å². The number of hydrogen-bond acceptors (Lipinski definition) is 3. The minimum Gasteiger partial charge on any atom is -0.389 e. The van der Waals surface area contributed by atoms with Crippen molar-refractivity contribution in [3.05, 3.63) is 26.8 Å². The van der Waals surface area contributed by atoms with Crippen LogP contribution in [-0.4, -0.2) is 0 Å². The van der Waals surface area contributed by atoms with Crippen LogP contribution >= 0.6 is 33.9 Å². The molecule has 0 aliphatic rings. The third kappa shape index (κ3) is 1.68. The number of anilines is 1. The van der Waals surface area contributed by atoms with E-state index in [9.17, 15) is 5.26 Å². The molecule has 0 aliphatic heterocycles. The number of nitrogen functional groups attached to an aromatic ring is 1. The third-order valence-corrected chi connectivity index (χ3v) is 4.48. The van der Waals surface area contributed by atoms with Crippen molar-refractivity contribution >= 4 is 49.0 Å². The molecule has 0 saturated carbocycles. The second kappa shape index (κ2) is 4.22. The predicted octanol–water partition coefficient (Wildman–Crippen LogP) is 4.08.